The summed E-state index contributed by atoms with van der Waals surface area (Å²) in [6.45, 7) is 3.19. The van der Waals surface area contributed by atoms with Gasteiger partial charge in [-0.05, 0) is 37.6 Å². The molecule has 0 aliphatic heterocycles. The van der Waals surface area contributed by atoms with Gasteiger partial charge in [-0.1, -0.05) is 36.2 Å². The van der Waals surface area contributed by atoms with E-state index < -0.39 is 28.5 Å². The van der Waals surface area contributed by atoms with Crippen LogP contribution in [-0.2, 0) is 26.2 Å². The Morgan fingerprint density at radius 3 is 2.19 bits per heavy atom. The van der Waals surface area contributed by atoms with Crippen LogP contribution in [0.2, 0.25) is 10.0 Å². The fraction of sp³-hybridized carbons (Fsp3) is 0.417. The summed E-state index contributed by atoms with van der Waals surface area (Å²) < 4.78 is 37.2. The van der Waals surface area contributed by atoms with Gasteiger partial charge in [-0.3, -0.25) is 13.9 Å². The van der Waals surface area contributed by atoms with Crippen LogP contribution in [0.4, 0.5) is 5.69 Å². The minimum atomic E-state index is -3.96. The molecule has 2 aromatic rings. The van der Waals surface area contributed by atoms with E-state index in [-0.39, 0.29) is 30.3 Å². The highest BCUT2D eigenvalue weighted by Crippen LogP contribution is 2.34. The van der Waals surface area contributed by atoms with Gasteiger partial charge in [-0.2, -0.15) is 0 Å². The minimum Gasteiger partial charge on any atom is -0.497 e. The number of nitrogens with zero attached hydrogens (tertiary/aromatic N) is 2. The van der Waals surface area contributed by atoms with Crippen molar-refractivity contribution in [2.75, 3.05) is 37.9 Å². The van der Waals surface area contributed by atoms with E-state index in [0.717, 1.165) is 10.6 Å². The van der Waals surface area contributed by atoms with Crippen molar-refractivity contribution in [1.29, 1.82) is 0 Å². The Kier molecular flexibility index (Phi) is 10.7. The molecule has 2 aromatic carbocycles. The van der Waals surface area contributed by atoms with Gasteiger partial charge in [-0.15, -0.1) is 0 Å². The Morgan fingerprint density at radius 2 is 1.69 bits per heavy atom. The third kappa shape index (κ3) is 7.18. The second-order valence-electron chi connectivity index (χ2n) is 7.85. The molecule has 2 rings (SSSR count). The SMILES string of the molecule is CCNC(=O)C(CC)N(Cc1c(Cl)cccc1Cl)C(=O)CN(c1cc(OC)ccc1OC)S(C)(=O)=O. The number of anilines is 1. The van der Waals surface area contributed by atoms with Crippen LogP contribution in [0.1, 0.15) is 25.8 Å². The van der Waals surface area contributed by atoms with Crippen LogP contribution in [0.5, 0.6) is 11.5 Å². The first-order valence-corrected chi connectivity index (χ1v) is 13.8. The number of benzene rings is 2. The average molecular weight is 561 g/mol. The van der Waals surface area contributed by atoms with E-state index in [9.17, 15) is 18.0 Å². The summed E-state index contributed by atoms with van der Waals surface area (Å²) in [6, 6.07) is 8.65. The molecule has 12 heteroatoms. The minimum absolute atomic E-state index is 0.0974. The lowest BCUT2D eigenvalue weighted by Gasteiger charge is -2.33. The van der Waals surface area contributed by atoms with E-state index in [2.05, 4.69) is 5.32 Å². The Labute approximate surface area is 222 Å². The topological polar surface area (TPSA) is 105 Å². The van der Waals surface area contributed by atoms with Gasteiger partial charge in [0.25, 0.3) is 0 Å². The highest BCUT2D eigenvalue weighted by molar-refractivity contribution is 7.92. The first kappa shape index (κ1) is 29.5. The van der Waals surface area contributed by atoms with Crippen LogP contribution < -0.4 is 19.1 Å². The van der Waals surface area contributed by atoms with E-state index in [0.29, 0.717) is 27.9 Å². The largest absolute Gasteiger partial charge is 0.497 e. The van der Waals surface area contributed by atoms with E-state index in [1.54, 1.807) is 44.2 Å². The number of ether oxygens (including phenoxy) is 2. The normalized spacial score (nSPS) is 12.0. The van der Waals surface area contributed by atoms with Crippen LogP contribution in [0.25, 0.3) is 0 Å². The molecule has 0 fully saturated rings. The van der Waals surface area contributed by atoms with Crippen molar-refractivity contribution in [2.45, 2.75) is 32.9 Å². The molecule has 198 valence electrons. The molecule has 1 N–H and O–H groups in total. The molecule has 0 saturated carbocycles. The van der Waals surface area contributed by atoms with Gasteiger partial charge >= 0.3 is 0 Å². The number of carbonyl (C=O) groups is 2. The molecule has 0 heterocycles. The summed E-state index contributed by atoms with van der Waals surface area (Å²) in [5.41, 5.74) is 0.566. The Bertz CT molecular complexity index is 1170. The summed E-state index contributed by atoms with van der Waals surface area (Å²) in [5, 5.41) is 3.37. The first-order valence-electron chi connectivity index (χ1n) is 11.2. The smallest absolute Gasteiger partial charge is 0.244 e. The molecule has 0 saturated heterocycles. The molecule has 0 bridgehead atoms. The fourth-order valence-corrected chi connectivity index (χ4v) is 5.01. The van der Waals surface area contributed by atoms with E-state index in [1.807, 2.05) is 0 Å². The van der Waals surface area contributed by atoms with Crippen molar-refractivity contribution in [3.05, 3.63) is 52.0 Å². The number of likely N-dealkylation sites (N-methyl/N-ethyl adjacent to an activating group) is 1. The van der Waals surface area contributed by atoms with E-state index in [4.69, 9.17) is 32.7 Å². The zero-order valence-corrected chi connectivity index (χ0v) is 23.2. The molecule has 1 unspecified atom stereocenters. The maximum absolute atomic E-state index is 13.7. The molecular weight excluding hydrogens is 529 g/mol. The zero-order chi connectivity index (χ0) is 27.0. The number of rotatable bonds is 12. The standard InChI is InChI=1S/C24H31Cl2N3O6S/c1-6-20(24(31)27-7-2)28(14-17-18(25)9-8-10-19(17)26)23(30)15-29(36(5,32)33)21-13-16(34-3)11-12-22(21)35-4/h8-13,20H,6-7,14-15H2,1-5H3,(H,27,31). The van der Waals surface area contributed by atoms with Crippen LogP contribution in [-0.4, -0.2) is 64.7 Å². The zero-order valence-electron chi connectivity index (χ0n) is 20.9. The van der Waals surface area contributed by atoms with Gasteiger partial charge in [0.05, 0.1) is 26.2 Å². The molecule has 1 atom stereocenters. The summed E-state index contributed by atoms with van der Waals surface area (Å²) in [5.74, 6) is -0.397. The van der Waals surface area contributed by atoms with Gasteiger partial charge in [0, 0.05) is 34.8 Å². The summed E-state index contributed by atoms with van der Waals surface area (Å²) in [6.07, 6.45) is 1.26. The monoisotopic (exact) mass is 559 g/mol. The third-order valence-corrected chi connectivity index (χ3v) is 7.30. The van der Waals surface area contributed by atoms with E-state index in [1.165, 1.54) is 25.2 Å². The van der Waals surface area contributed by atoms with Crippen molar-refractivity contribution < 1.29 is 27.5 Å². The van der Waals surface area contributed by atoms with Crippen molar-refractivity contribution >= 4 is 50.7 Å². The van der Waals surface area contributed by atoms with Crippen molar-refractivity contribution in [2.24, 2.45) is 0 Å². The van der Waals surface area contributed by atoms with Gasteiger partial charge in [0.2, 0.25) is 21.8 Å². The molecule has 0 aliphatic rings. The van der Waals surface area contributed by atoms with Crippen LogP contribution in [0, 0.1) is 0 Å². The van der Waals surface area contributed by atoms with Gasteiger partial charge in [-0.25, -0.2) is 8.42 Å². The average Bonchev–Trinajstić information content (AvgIpc) is 2.83. The van der Waals surface area contributed by atoms with Crippen molar-refractivity contribution in [3.8, 4) is 11.5 Å². The lowest BCUT2D eigenvalue weighted by atomic mass is 10.1. The maximum Gasteiger partial charge on any atom is 0.244 e. The Morgan fingerprint density at radius 1 is 1.06 bits per heavy atom. The van der Waals surface area contributed by atoms with Crippen LogP contribution in [0.3, 0.4) is 0 Å². The molecule has 0 aromatic heterocycles. The predicted octanol–water partition coefficient (Wildman–Crippen LogP) is 3.72. The Hall–Kier alpha value is -2.69. The highest BCUT2D eigenvalue weighted by atomic mass is 35.5. The number of amides is 2. The number of methoxy groups -OCH3 is 2. The van der Waals surface area contributed by atoms with Gasteiger partial charge in [0.15, 0.2) is 0 Å². The molecule has 0 aliphatic carbocycles. The van der Waals surface area contributed by atoms with Crippen molar-refractivity contribution in [3.63, 3.8) is 0 Å². The number of hydrogen-bond donors (Lipinski definition) is 1. The molecule has 9 nitrogen and oxygen atoms in total. The predicted molar refractivity (Wildman–Crippen MR) is 142 cm³/mol. The molecule has 0 spiro atoms. The number of nitrogens with one attached hydrogen (secondary N) is 1. The summed E-state index contributed by atoms with van der Waals surface area (Å²) in [4.78, 5) is 27.9. The lowest BCUT2D eigenvalue weighted by Crippen LogP contribution is -2.52. The molecule has 2 amide bonds. The lowest BCUT2D eigenvalue weighted by molar-refractivity contribution is -0.140. The number of halogens is 2. The highest BCUT2D eigenvalue weighted by Gasteiger charge is 2.33. The summed E-state index contributed by atoms with van der Waals surface area (Å²) in [7, 11) is -1.13. The van der Waals surface area contributed by atoms with Crippen LogP contribution in [0.15, 0.2) is 36.4 Å². The van der Waals surface area contributed by atoms with E-state index >= 15 is 0 Å². The summed E-state index contributed by atoms with van der Waals surface area (Å²) >= 11 is 12.7. The number of sulfonamides is 1. The maximum atomic E-state index is 13.7. The number of carbonyl (C=O) groups excluding carboxylic acids is 2. The van der Waals surface area contributed by atoms with Gasteiger partial charge in [0.1, 0.15) is 24.1 Å². The molecule has 36 heavy (non-hydrogen) atoms. The second-order valence-corrected chi connectivity index (χ2v) is 10.6. The quantitative estimate of drug-likeness (QED) is 0.425. The molecule has 0 radical (unpaired) electrons. The van der Waals surface area contributed by atoms with Crippen molar-refractivity contribution in [1.82, 2.24) is 10.2 Å². The number of hydrogen-bond acceptors (Lipinski definition) is 6. The second kappa shape index (κ2) is 13.0. The fourth-order valence-electron chi connectivity index (χ4n) is 3.65. The van der Waals surface area contributed by atoms with Gasteiger partial charge < -0.3 is 19.7 Å². The Balaban J connectivity index is 2.58. The third-order valence-electron chi connectivity index (χ3n) is 5.46. The molecular formula is C24H31Cl2N3O6S. The first-order chi connectivity index (χ1) is 17.0. The van der Waals surface area contributed by atoms with Crippen LogP contribution >= 0.6 is 23.2 Å².